The van der Waals surface area contributed by atoms with Crippen molar-refractivity contribution < 1.29 is 4.74 Å². The van der Waals surface area contributed by atoms with Crippen LogP contribution in [0.2, 0.25) is 0 Å². The number of pyridine rings is 1. The Morgan fingerprint density at radius 1 is 0.875 bits per heavy atom. The lowest BCUT2D eigenvalue weighted by Gasteiger charge is -2.28. The van der Waals surface area contributed by atoms with E-state index in [2.05, 4.69) is 62.2 Å². The van der Waals surface area contributed by atoms with Crippen molar-refractivity contribution in [2.75, 3.05) is 6.61 Å². The summed E-state index contributed by atoms with van der Waals surface area (Å²) < 4.78 is 6.03. The summed E-state index contributed by atoms with van der Waals surface area (Å²) in [6, 6.07) is 12.8. The van der Waals surface area contributed by atoms with Crippen molar-refractivity contribution in [3.05, 3.63) is 48.2 Å². The predicted molar refractivity (Wildman–Crippen MR) is 137 cm³/mol. The van der Waals surface area contributed by atoms with E-state index in [1.807, 2.05) is 6.20 Å². The number of hydrogen-bond acceptors (Lipinski definition) is 2. The molecule has 0 bridgehead atoms. The Kier molecular flexibility index (Phi) is 10.6. The highest BCUT2D eigenvalue weighted by atomic mass is 16.5. The van der Waals surface area contributed by atoms with E-state index in [-0.39, 0.29) is 0 Å². The van der Waals surface area contributed by atoms with Crippen LogP contribution in [0.15, 0.2) is 42.6 Å². The van der Waals surface area contributed by atoms with Crippen LogP contribution < -0.4 is 4.74 Å². The zero-order valence-corrected chi connectivity index (χ0v) is 20.8. The fourth-order valence-electron chi connectivity index (χ4n) is 5.04. The van der Waals surface area contributed by atoms with Crippen LogP contribution >= 0.6 is 0 Å². The van der Waals surface area contributed by atoms with E-state index in [1.165, 1.54) is 76.2 Å². The quantitative estimate of drug-likeness (QED) is 0.293. The van der Waals surface area contributed by atoms with E-state index in [1.54, 1.807) is 0 Å². The van der Waals surface area contributed by atoms with E-state index >= 15 is 0 Å². The average molecular weight is 436 g/mol. The fraction of sp³-hybridized carbons (Fsp3) is 0.633. The van der Waals surface area contributed by atoms with E-state index in [0.717, 1.165) is 41.9 Å². The van der Waals surface area contributed by atoms with Crippen LogP contribution in [-0.2, 0) is 6.42 Å². The zero-order valence-electron chi connectivity index (χ0n) is 20.8. The normalized spacial score (nSPS) is 19.6. The van der Waals surface area contributed by atoms with Gasteiger partial charge in [0.2, 0.25) is 0 Å². The average Bonchev–Trinajstić information content (AvgIpc) is 2.84. The van der Waals surface area contributed by atoms with Crippen LogP contribution in [0.1, 0.15) is 97.0 Å². The minimum Gasteiger partial charge on any atom is -0.494 e. The maximum Gasteiger partial charge on any atom is 0.119 e. The lowest BCUT2D eigenvalue weighted by Crippen LogP contribution is -2.15. The van der Waals surface area contributed by atoms with Crippen molar-refractivity contribution in [3.8, 4) is 17.0 Å². The highest BCUT2D eigenvalue weighted by Gasteiger charge is 2.20. The second-order valence-electron chi connectivity index (χ2n) is 10.2. The molecule has 0 amide bonds. The molecule has 0 spiro atoms. The van der Waals surface area contributed by atoms with E-state index < -0.39 is 0 Å². The number of hydrogen-bond donors (Lipinski definition) is 0. The molecule has 1 aromatic carbocycles. The van der Waals surface area contributed by atoms with Crippen LogP contribution in [0.3, 0.4) is 0 Å². The van der Waals surface area contributed by atoms with Crippen LogP contribution in [-0.4, -0.2) is 11.6 Å². The van der Waals surface area contributed by atoms with Gasteiger partial charge in [0.1, 0.15) is 5.75 Å². The molecule has 1 aliphatic carbocycles. The molecule has 3 rings (SSSR count). The van der Waals surface area contributed by atoms with Gasteiger partial charge in [-0.1, -0.05) is 84.6 Å². The maximum absolute atomic E-state index is 6.03. The topological polar surface area (TPSA) is 22.1 Å². The molecule has 1 atom stereocenters. The summed E-state index contributed by atoms with van der Waals surface area (Å²) in [5.41, 5.74) is 3.52. The summed E-state index contributed by atoms with van der Waals surface area (Å²) in [5, 5.41) is 0. The van der Waals surface area contributed by atoms with Crippen LogP contribution in [0.25, 0.3) is 11.3 Å². The second-order valence-corrected chi connectivity index (χ2v) is 10.2. The molecule has 32 heavy (non-hydrogen) atoms. The third kappa shape index (κ3) is 8.26. The summed E-state index contributed by atoms with van der Waals surface area (Å²) in [7, 11) is 0. The Morgan fingerprint density at radius 2 is 1.56 bits per heavy atom. The molecule has 1 aliphatic rings. The number of benzene rings is 1. The lowest BCUT2D eigenvalue weighted by atomic mass is 9.78. The molecule has 2 aromatic rings. The predicted octanol–water partition coefficient (Wildman–Crippen LogP) is 8.88. The Hall–Kier alpha value is -1.83. The van der Waals surface area contributed by atoms with E-state index in [0.29, 0.717) is 5.92 Å². The van der Waals surface area contributed by atoms with Gasteiger partial charge in [0.05, 0.1) is 12.3 Å². The smallest absolute Gasteiger partial charge is 0.119 e. The minimum absolute atomic E-state index is 0.713. The van der Waals surface area contributed by atoms with Gasteiger partial charge in [0.25, 0.3) is 0 Å². The van der Waals surface area contributed by atoms with Crippen molar-refractivity contribution in [3.63, 3.8) is 0 Å². The lowest BCUT2D eigenvalue weighted by molar-refractivity contribution is 0.228. The molecule has 1 saturated carbocycles. The molecule has 2 heteroatoms. The third-order valence-electron chi connectivity index (χ3n) is 7.46. The Balaban J connectivity index is 1.34. The molecule has 176 valence electrons. The summed E-state index contributed by atoms with van der Waals surface area (Å²) in [4.78, 5) is 4.68. The number of aromatic nitrogens is 1. The van der Waals surface area contributed by atoms with Gasteiger partial charge < -0.3 is 4.74 Å². The zero-order chi connectivity index (χ0) is 22.6. The first-order valence-electron chi connectivity index (χ1n) is 13.4. The number of unbranched alkanes of at least 4 members (excludes halogenated alkanes) is 2. The highest BCUT2D eigenvalue weighted by Crippen LogP contribution is 2.34. The van der Waals surface area contributed by atoms with E-state index in [9.17, 15) is 0 Å². The largest absolute Gasteiger partial charge is 0.494 e. The van der Waals surface area contributed by atoms with Gasteiger partial charge in [-0.2, -0.15) is 0 Å². The third-order valence-corrected chi connectivity index (χ3v) is 7.46. The van der Waals surface area contributed by atoms with Crippen molar-refractivity contribution in [2.45, 2.75) is 97.8 Å². The summed E-state index contributed by atoms with van der Waals surface area (Å²) in [6.45, 7) is 7.68. The SMILES string of the molecule is CCCCC[C@H]1CC[C@H](CCCOc2ccc(-c3ccc(C[C@@H](C)CC)cn3)cc2)CC1. The van der Waals surface area contributed by atoms with Crippen molar-refractivity contribution in [1.82, 2.24) is 4.98 Å². The monoisotopic (exact) mass is 435 g/mol. The van der Waals surface area contributed by atoms with Crippen LogP contribution in [0.5, 0.6) is 5.75 Å². The molecular weight excluding hydrogens is 390 g/mol. The number of ether oxygens (including phenoxy) is 1. The summed E-state index contributed by atoms with van der Waals surface area (Å²) >= 11 is 0. The fourth-order valence-corrected chi connectivity index (χ4v) is 5.04. The van der Waals surface area contributed by atoms with Gasteiger partial charge >= 0.3 is 0 Å². The van der Waals surface area contributed by atoms with Gasteiger partial charge in [-0.25, -0.2) is 0 Å². The molecule has 0 saturated heterocycles. The minimum atomic E-state index is 0.713. The molecule has 1 aromatic heterocycles. The second kappa shape index (κ2) is 13.7. The standard InChI is InChI=1S/C30H45NO/c1-4-6-7-9-25-11-13-26(14-12-25)10-8-21-32-29-18-16-28(17-19-29)30-20-15-27(23-31-30)22-24(3)5-2/h15-20,23-26H,4-14,21-22H2,1-3H3/t24-,25-,26-/m0/s1. The molecule has 1 heterocycles. The summed E-state index contributed by atoms with van der Waals surface area (Å²) in [5.74, 6) is 3.63. The van der Waals surface area contributed by atoms with Crippen molar-refractivity contribution in [1.29, 1.82) is 0 Å². The molecule has 1 fully saturated rings. The van der Waals surface area contributed by atoms with Gasteiger partial charge in [-0.05, 0) is 72.9 Å². The summed E-state index contributed by atoms with van der Waals surface area (Å²) in [6.07, 6.45) is 18.3. The number of nitrogens with zero attached hydrogens (tertiary/aromatic N) is 1. The maximum atomic E-state index is 6.03. The Morgan fingerprint density at radius 3 is 2.16 bits per heavy atom. The first-order valence-corrected chi connectivity index (χ1v) is 13.4. The first-order chi connectivity index (χ1) is 15.7. The van der Waals surface area contributed by atoms with Crippen molar-refractivity contribution >= 4 is 0 Å². The van der Waals surface area contributed by atoms with Crippen LogP contribution in [0, 0.1) is 17.8 Å². The van der Waals surface area contributed by atoms with Crippen LogP contribution in [0.4, 0.5) is 0 Å². The van der Waals surface area contributed by atoms with Gasteiger partial charge in [-0.3, -0.25) is 4.98 Å². The van der Waals surface area contributed by atoms with Gasteiger partial charge in [-0.15, -0.1) is 0 Å². The van der Waals surface area contributed by atoms with Gasteiger partial charge in [0, 0.05) is 11.8 Å². The molecule has 0 unspecified atom stereocenters. The molecule has 0 radical (unpaired) electrons. The molecule has 0 aliphatic heterocycles. The van der Waals surface area contributed by atoms with E-state index in [4.69, 9.17) is 4.74 Å². The Labute approximate surface area is 197 Å². The Bertz CT molecular complexity index is 743. The molecule has 2 nitrogen and oxygen atoms in total. The van der Waals surface area contributed by atoms with Crippen molar-refractivity contribution in [2.24, 2.45) is 17.8 Å². The molecule has 0 N–H and O–H groups in total. The first kappa shape index (κ1) is 24.8. The highest BCUT2D eigenvalue weighted by molar-refractivity contribution is 5.60. The van der Waals surface area contributed by atoms with Gasteiger partial charge in [0.15, 0.2) is 0 Å². The number of rotatable bonds is 13. The molecular formula is C30H45NO.